The van der Waals surface area contributed by atoms with E-state index in [4.69, 9.17) is 0 Å². The summed E-state index contributed by atoms with van der Waals surface area (Å²) in [6.45, 7) is 7.25. The van der Waals surface area contributed by atoms with Crippen molar-refractivity contribution in [1.82, 2.24) is 15.2 Å². The molecule has 1 heterocycles. The molecule has 0 fully saturated rings. The molecule has 0 spiro atoms. The highest BCUT2D eigenvalue weighted by Crippen LogP contribution is 2.07. The minimum absolute atomic E-state index is 0. The van der Waals surface area contributed by atoms with Crippen molar-refractivity contribution >= 4 is 29.9 Å². The highest BCUT2D eigenvalue weighted by molar-refractivity contribution is 14.0. The van der Waals surface area contributed by atoms with Crippen molar-refractivity contribution in [2.75, 3.05) is 13.1 Å². The molecule has 26 heavy (non-hydrogen) atoms. The third-order valence-electron chi connectivity index (χ3n) is 3.86. The first-order chi connectivity index (χ1) is 12.2. The van der Waals surface area contributed by atoms with Crippen molar-refractivity contribution < 1.29 is 0 Å². The number of pyridine rings is 1. The molecule has 5 nitrogen and oxygen atoms in total. The standard InChI is InChI=1S/C20H28N4O.HI/c1-3-5-13-22-20(21-4-2)23-15-17-9-11-18(12-10-17)16-24-14-7-6-8-19(24)25;/h6-12,14H,3-5,13,15-16H2,1-2H3,(H2,21,22,23);1H. The fourth-order valence-corrected chi connectivity index (χ4v) is 2.43. The number of benzene rings is 1. The maximum absolute atomic E-state index is 11.8. The second-order valence-corrected chi connectivity index (χ2v) is 5.96. The average Bonchev–Trinajstić information content (AvgIpc) is 2.63. The van der Waals surface area contributed by atoms with Gasteiger partial charge in [0.2, 0.25) is 0 Å². The van der Waals surface area contributed by atoms with Crippen molar-refractivity contribution in [2.24, 2.45) is 4.99 Å². The first-order valence-electron chi connectivity index (χ1n) is 8.98. The zero-order chi connectivity index (χ0) is 17.9. The molecule has 0 amide bonds. The molecular weight excluding hydrogens is 439 g/mol. The van der Waals surface area contributed by atoms with E-state index in [0.717, 1.165) is 36.6 Å². The number of rotatable bonds is 8. The third kappa shape index (κ3) is 7.59. The van der Waals surface area contributed by atoms with Crippen LogP contribution in [0.15, 0.2) is 58.4 Å². The van der Waals surface area contributed by atoms with Gasteiger partial charge >= 0.3 is 0 Å². The fraction of sp³-hybridized carbons (Fsp3) is 0.400. The normalized spacial score (nSPS) is 10.9. The van der Waals surface area contributed by atoms with E-state index in [9.17, 15) is 4.79 Å². The number of unbranched alkanes of at least 4 members (excludes halogenated alkanes) is 1. The van der Waals surface area contributed by atoms with Crippen LogP contribution < -0.4 is 16.2 Å². The van der Waals surface area contributed by atoms with Crippen molar-refractivity contribution in [2.45, 2.75) is 39.8 Å². The zero-order valence-electron chi connectivity index (χ0n) is 15.6. The molecule has 0 radical (unpaired) electrons. The minimum Gasteiger partial charge on any atom is -0.357 e. The summed E-state index contributed by atoms with van der Waals surface area (Å²) in [4.78, 5) is 16.4. The van der Waals surface area contributed by atoms with Gasteiger partial charge in [0.1, 0.15) is 0 Å². The van der Waals surface area contributed by atoms with E-state index in [0.29, 0.717) is 13.1 Å². The summed E-state index contributed by atoms with van der Waals surface area (Å²) in [7, 11) is 0. The summed E-state index contributed by atoms with van der Waals surface area (Å²) in [5.41, 5.74) is 2.27. The molecule has 1 aromatic carbocycles. The van der Waals surface area contributed by atoms with E-state index in [-0.39, 0.29) is 29.5 Å². The number of hydrogen-bond acceptors (Lipinski definition) is 2. The van der Waals surface area contributed by atoms with Gasteiger partial charge in [-0.3, -0.25) is 4.79 Å². The van der Waals surface area contributed by atoms with Gasteiger partial charge in [0, 0.05) is 25.4 Å². The lowest BCUT2D eigenvalue weighted by Gasteiger charge is -2.11. The molecule has 0 atom stereocenters. The monoisotopic (exact) mass is 468 g/mol. The van der Waals surface area contributed by atoms with Gasteiger partial charge in [-0.1, -0.05) is 43.7 Å². The van der Waals surface area contributed by atoms with E-state index < -0.39 is 0 Å². The SMILES string of the molecule is CCCCNC(=NCc1ccc(Cn2ccccc2=O)cc1)NCC.I. The summed E-state index contributed by atoms with van der Waals surface area (Å²) >= 11 is 0. The maximum Gasteiger partial charge on any atom is 0.250 e. The van der Waals surface area contributed by atoms with Gasteiger partial charge in [0.05, 0.1) is 13.1 Å². The zero-order valence-corrected chi connectivity index (χ0v) is 17.9. The number of hydrogen-bond donors (Lipinski definition) is 2. The molecule has 6 heteroatoms. The van der Waals surface area contributed by atoms with Gasteiger partial charge in [-0.05, 0) is 30.5 Å². The van der Waals surface area contributed by atoms with E-state index in [2.05, 4.69) is 53.7 Å². The highest BCUT2D eigenvalue weighted by Gasteiger charge is 1.99. The minimum atomic E-state index is 0. The second kappa shape index (κ2) is 12.5. The quantitative estimate of drug-likeness (QED) is 0.270. The number of aromatic nitrogens is 1. The molecule has 0 aliphatic rings. The molecule has 142 valence electrons. The molecule has 0 saturated heterocycles. The van der Waals surface area contributed by atoms with E-state index in [1.165, 1.54) is 6.42 Å². The second-order valence-electron chi connectivity index (χ2n) is 5.96. The average molecular weight is 468 g/mol. The molecular formula is C20H29IN4O. The van der Waals surface area contributed by atoms with Crippen molar-refractivity contribution in [1.29, 1.82) is 0 Å². The molecule has 2 aromatic rings. The van der Waals surface area contributed by atoms with Crippen LogP contribution in [-0.4, -0.2) is 23.6 Å². The summed E-state index contributed by atoms with van der Waals surface area (Å²) in [6.07, 6.45) is 4.11. The topological polar surface area (TPSA) is 58.4 Å². The van der Waals surface area contributed by atoms with Gasteiger partial charge in [0.25, 0.3) is 5.56 Å². The van der Waals surface area contributed by atoms with Crippen molar-refractivity contribution in [3.63, 3.8) is 0 Å². The summed E-state index contributed by atoms with van der Waals surface area (Å²) < 4.78 is 1.70. The first kappa shape index (κ1) is 22.2. The van der Waals surface area contributed by atoms with Crippen LogP contribution in [-0.2, 0) is 13.1 Å². The van der Waals surface area contributed by atoms with E-state index >= 15 is 0 Å². The lowest BCUT2D eigenvalue weighted by atomic mass is 10.1. The van der Waals surface area contributed by atoms with E-state index in [1.807, 2.05) is 12.3 Å². The molecule has 0 aliphatic heterocycles. The van der Waals surface area contributed by atoms with Gasteiger partial charge in [0.15, 0.2) is 5.96 Å². The van der Waals surface area contributed by atoms with Crippen LogP contribution in [0.4, 0.5) is 0 Å². The Kier molecular flexibility index (Phi) is 10.7. The highest BCUT2D eigenvalue weighted by atomic mass is 127. The summed E-state index contributed by atoms with van der Waals surface area (Å²) in [5, 5.41) is 6.61. The number of aliphatic imine (C=N–C) groups is 1. The van der Waals surface area contributed by atoms with Crippen LogP contribution in [0.5, 0.6) is 0 Å². The first-order valence-corrected chi connectivity index (χ1v) is 8.98. The van der Waals surface area contributed by atoms with Crippen molar-refractivity contribution in [3.8, 4) is 0 Å². The number of nitrogens with one attached hydrogen (secondary N) is 2. The van der Waals surface area contributed by atoms with Crippen molar-refractivity contribution in [3.05, 3.63) is 70.1 Å². The molecule has 0 bridgehead atoms. The Balaban J connectivity index is 0.00000338. The van der Waals surface area contributed by atoms with Crippen LogP contribution in [0, 0.1) is 0 Å². The Bertz CT molecular complexity index is 725. The Morgan fingerprint density at radius 3 is 2.42 bits per heavy atom. The molecule has 0 aliphatic carbocycles. The van der Waals surface area contributed by atoms with Crippen LogP contribution in [0.25, 0.3) is 0 Å². The van der Waals surface area contributed by atoms with E-state index in [1.54, 1.807) is 16.7 Å². The molecule has 2 rings (SSSR count). The van der Waals surface area contributed by atoms with Crippen LogP contribution in [0.2, 0.25) is 0 Å². The largest absolute Gasteiger partial charge is 0.357 e. The van der Waals surface area contributed by atoms with Crippen LogP contribution in [0.1, 0.15) is 37.8 Å². The fourth-order valence-electron chi connectivity index (χ4n) is 2.43. The smallest absolute Gasteiger partial charge is 0.250 e. The Hall–Kier alpha value is -1.83. The third-order valence-corrected chi connectivity index (χ3v) is 3.86. The van der Waals surface area contributed by atoms with Crippen LogP contribution >= 0.6 is 24.0 Å². The predicted molar refractivity (Wildman–Crippen MR) is 119 cm³/mol. The van der Waals surface area contributed by atoms with Gasteiger partial charge < -0.3 is 15.2 Å². The van der Waals surface area contributed by atoms with Gasteiger partial charge in [-0.15, -0.1) is 24.0 Å². The predicted octanol–water partition coefficient (Wildman–Crippen LogP) is 3.37. The lowest BCUT2D eigenvalue weighted by molar-refractivity contribution is 0.730. The molecule has 2 N–H and O–H groups in total. The summed E-state index contributed by atoms with van der Waals surface area (Å²) in [5.74, 6) is 0.857. The Labute approximate surface area is 173 Å². The van der Waals surface area contributed by atoms with Crippen LogP contribution in [0.3, 0.4) is 0 Å². The Morgan fingerprint density at radius 2 is 1.77 bits per heavy atom. The Morgan fingerprint density at radius 1 is 1.04 bits per heavy atom. The number of guanidine groups is 1. The van der Waals surface area contributed by atoms with Gasteiger partial charge in [-0.25, -0.2) is 4.99 Å². The molecule has 1 aromatic heterocycles. The van der Waals surface area contributed by atoms with Gasteiger partial charge in [-0.2, -0.15) is 0 Å². The number of halogens is 1. The number of nitrogens with zero attached hydrogens (tertiary/aromatic N) is 2. The summed E-state index contributed by atoms with van der Waals surface area (Å²) in [6, 6.07) is 13.5. The lowest BCUT2D eigenvalue weighted by Crippen LogP contribution is -2.37. The maximum atomic E-state index is 11.8. The molecule has 0 saturated carbocycles. The molecule has 0 unspecified atom stereocenters.